The molecule has 0 aliphatic carbocycles. The normalized spacial score (nSPS) is 16.8. The van der Waals surface area contributed by atoms with Gasteiger partial charge in [0.1, 0.15) is 0 Å². The summed E-state index contributed by atoms with van der Waals surface area (Å²) in [4.78, 5) is 5.04. The lowest BCUT2D eigenvalue weighted by Crippen LogP contribution is -2.45. The third-order valence-electron chi connectivity index (χ3n) is 4.08. The van der Waals surface area contributed by atoms with Crippen molar-refractivity contribution in [1.82, 2.24) is 9.80 Å². The molecule has 3 rings (SSSR count). The Bertz CT molecular complexity index is 607. The van der Waals surface area contributed by atoms with Crippen LogP contribution in [0, 0.1) is 0 Å². The van der Waals surface area contributed by atoms with Gasteiger partial charge in [0, 0.05) is 48.8 Å². The van der Waals surface area contributed by atoms with E-state index in [0.29, 0.717) is 0 Å². The molecule has 1 fully saturated rings. The molecule has 4 heteroatoms. The van der Waals surface area contributed by atoms with Gasteiger partial charge in [-0.1, -0.05) is 51.8 Å². The van der Waals surface area contributed by atoms with E-state index in [1.807, 2.05) is 12.1 Å². The van der Waals surface area contributed by atoms with Crippen LogP contribution in [0.4, 0.5) is 0 Å². The molecule has 116 valence electrons. The number of nitrogens with zero attached hydrogens (tertiary/aromatic N) is 2. The first kappa shape index (κ1) is 16.0. The molecule has 2 aromatic rings. The van der Waals surface area contributed by atoms with Gasteiger partial charge in [0.15, 0.2) is 0 Å². The quantitative estimate of drug-likeness (QED) is 0.776. The zero-order chi connectivity index (χ0) is 15.4. The van der Waals surface area contributed by atoms with Gasteiger partial charge in [-0.3, -0.25) is 9.80 Å². The molecule has 2 aromatic carbocycles. The summed E-state index contributed by atoms with van der Waals surface area (Å²) in [6.07, 6.45) is 0. The molecule has 1 aliphatic rings. The summed E-state index contributed by atoms with van der Waals surface area (Å²) in [7, 11) is 0. The molecule has 0 aromatic heterocycles. The third kappa shape index (κ3) is 4.56. The first-order valence-corrected chi connectivity index (χ1v) is 8.80. The topological polar surface area (TPSA) is 6.48 Å². The fraction of sp³-hybridized carbons (Fsp3) is 0.333. The Morgan fingerprint density at radius 1 is 0.818 bits per heavy atom. The minimum absolute atomic E-state index is 0.808. The molecule has 2 nitrogen and oxygen atoms in total. The fourth-order valence-electron chi connectivity index (χ4n) is 2.85. The van der Waals surface area contributed by atoms with Gasteiger partial charge in [0.2, 0.25) is 0 Å². The smallest absolute Gasteiger partial charge is 0.0406 e. The summed E-state index contributed by atoms with van der Waals surface area (Å²) in [5.74, 6) is 0. The van der Waals surface area contributed by atoms with Crippen molar-refractivity contribution in [3.05, 3.63) is 69.2 Å². The summed E-state index contributed by atoms with van der Waals surface area (Å²) >= 11 is 9.48. The minimum Gasteiger partial charge on any atom is -0.297 e. The van der Waals surface area contributed by atoms with E-state index in [2.05, 4.69) is 62.1 Å². The molecular formula is C18H20BrClN2. The number of rotatable bonds is 4. The minimum atomic E-state index is 0.808. The van der Waals surface area contributed by atoms with Crippen LogP contribution >= 0.6 is 27.5 Å². The molecule has 1 aliphatic heterocycles. The van der Waals surface area contributed by atoms with Crippen molar-refractivity contribution in [3.8, 4) is 0 Å². The van der Waals surface area contributed by atoms with Crippen LogP contribution in [0.2, 0.25) is 5.02 Å². The van der Waals surface area contributed by atoms with Gasteiger partial charge < -0.3 is 0 Å². The molecule has 0 amide bonds. The van der Waals surface area contributed by atoms with Crippen molar-refractivity contribution < 1.29 is 0 Å². The Hall–Kier alpha value is -0.870. The van der Waals surface area contributed by atoms with E-state index in [9.17, 15) is 0 Å². The average Bonchev–Trinajstić information content (AvgIpc) is 2.52. The number of halogens is 2. The van der Waals surface area contributed by atoms with Crippen LogP contribution in [0.5, 0.6) is 0 Å². The second-order valence-corrected chi connectivity index (χ2v) is 7.16. The molecule has 0 saturated carbocycles. The molecule has 0 bridgehead atoms. The number of hydrogen-bond donors (Lipinski definition) is 0. The van der Waals surface area contributed by atoms with Gasteiger partial charge in [-0.15, -0.1) is 0 Å². The third-order valence-corrected chi connectivity index (χ3v) is 4.82. The molecule has 0 atom stereocenters. The van der Waals surface area contributed by atoms with Gasteiger partial charge >= 0.3 is 0 Å². The molecule has 0 N–H and O–H groups in total. The summed E-state index contributed by atoms with van der Waals surface area (Å²) in [6, 6.07) is 16.8. The maximum Gasteiger partial charge on any atom is 0.0406 e. The van der Waals surface area contributed by atoms with Crippen molar-refractivity contribution in [2.75, 3.05) is 26.2 Å². The fourth-order valence-corrected chi connectivity index (χ4v) is 3.42. The monoisotopic (exact) mass is 378 g/mol. The Kier molecular flexibility index (Phi) is 5.53. The Balaban J connectivity index is 1.49. The van der Waals surface area contributed by atoms with Crippen molar-refractivity contribution in [3.63, 3.8) is 0 Å². The number of benzene rings is 2. The molecule has 0 radical (unpaired) electrons. The van der Waals surface area contributed by atoms with E-state index in [0.717, 1.165) is 48.8 Å². The highest BCUT2D eigenvalue weighted by molar-refractivity contribution is 9.10. The van der Waals surface area contributed by atoms with Gasteiger partial charge in [0.25, 0.3) is 0 Å². The van der Waals surface area contributed by atoms with Crippen LogP contribution in [0.25, 0.3) is 0 Å². The van der Waals surface area contributed by atoms with Crippen molar-refractivity contribution in [2.24, 2.45) is 0 Å². The highest BCUT2D eigenvalue weighted by Crippen LogP contribution is 2.16. The Morgan fingerprint density at radius 2 is 1.41 bits per heavy atom. The zero-order valence-electron chi connectivity index (χ0n) is 12.5. The van der Waals surface area contributed by atoms with E-state index in [1.54, 1.807) is 0 Å². The average molecular weight is 380 g/mol. The van der Waals surface area contributed by atoms with E-state index in [-0.39, 0.29) is 0 Å². The zero-order valence-corrected chi connectivity index (χ0v) is 14.9. The standard InChI is InChI=1S/C18H20BrClN2/c19-17-3-1-2-16(12-17)14-22-10-8-21(9-11-22)13-15-4-6-18(20)7-5-15/h1-7,12H,8-11,13-14H2. The Morgan fingerprint density at radius 3 is 2.00 bits per heavy atom. The Labute approximate surface area is 145 Å². The highest BCUT2D eigenvalue weighted by Gasteiger charge is 2.17. The maximum atomic E-state index is 5.94. The van der Waals surface area contributed by atoms with Crippen LogP contribution in [0.3, 0.4) is 0 Å². The molecular weight excluding hydrogens is 360 g/mol. The lowest BCUT2D eigenvalue weighted by Gasteiger charge is -2.34. The van der Waals surface area contributed by atoms with E-state index < -0.39 is 0 Å². The van der Waals surface area contributed by atoms with E-state index >= 15 is 0 Å². The second-order valence-electron chi connectivity index (χ2n) is 5.81. The van der Waals surface area contributed by atoms with E-state index in [1.165, 1.54) is 11.1 Å². The van der Waals surface area contributed by atoms with Crippen molar-refractivity contribution in [1.29, 1.82) is 0 Å². The van der Waals surface area contributed by atoms with Crippen molar-refractivity contribution in [2.45, 2.75) is 13.1 Å². The van der Waals surface area contributed by atoms with Gasteiger partial charge in [-0.2, -0.15) is 0 Å². The lowest BCUT2D eigenvalue weighted by molar-refractivity contribution is 0.122. The summed E-state index contributed by atoms with van der Waals surface area (Å²) < 4.78 is 1.16. The largest absolute Gasteiger partial charge is 0.297 e. The van der Waals surface area contributed by atoms with Crippen LogP contribution in [-0.2, 0) is 13.1 Å². The summed E-state index contributed by atoms with van der Waals surface area (Å²) in [5.41, 5.74) is 2.71. The second kappa shape index (κ2) is 7.60. The molecule has 22 heavy (non-hydrogen) atoms. The summed E-state index contributed by atoms with van der Waals surface area (Å²) in [5, 5.41) is 0.808. The van der Waals surface area contributed by atoms with Crippen molar-refractivity contribution >= 4 is 27.5 Å². The SMILES string of the molecule is Clc1ccc(CN2CCN(Cc3cccc(Br)c3)CC2)cc1. The van der Waals surface area contributed by atoms with Gasteiger partial charge in [-0.25, -0.2) is 0 Å². The lowest BCUT2D eigenvalue weighted by atomic mass is 10.1. The van der Waals surface area contributed by atoms with Gasteiger partial charge in [-0.05, 0) is 35.4 Å². The maximum absolute atomic E-state index is 5.94. The summed E-state index contributed by atoms with van der Waals surface area (Å²) in [6.45, 7) is 6.55. The van der Waals surface area contributed by atoms with E-state index in [4.69, 9.17) is 11.6 Å². The first-order chi connectivity index (χ1) is 10.7. The predicted octanol–water partition coefficient (Wildman–Crippen LogP) is 4.42. The molecule has 0 spiro atoms. The highest BCUT2D eigenvalue weighted by atomic mass is 79.9. The predicted molar refractivity (Wildman–Crippen MR) is 96.1 cm³/mol. The molecule has 0 unspecified atom stereocenters. The van der Waals surface area contributed by atoms with Crippen LogP contribution in [0.15, 0.2) is 53.0 Å². The molecule has 1 saturated heterocycles. The number of hydrogen-bond acceptors (Lipinski definition) is 2. The first-order valence-electron chi connectivity index (χ1n) is 7.63. The van der Waals surface area contributed by atoms with Crippen LogP contribution < -0.4 is 0 Å². The van der Waals surface area contributed by atoms with Crippen LogP contribution in [-0.4, -0.2) is 36.0 Å². The molecule has 1 heterocycles. The van der Waals surface area contributed by atoms with Gasteiger partial charge in [0.05, 0.1) is 0 Å². The van der Waals surface area contributed by atoms with Crippen LogP contribution in [0.1, 0.15) is 11.1 Å². The number of piperazine rings is 1.